The Balaban J connectivity index is 2.16. The maximum atomic E-state index is 5.55. The molecular weight excluding hydrogens is 370 g/mol. The molecule has 24 heavy (non-hydrogen) atoms. The van der Waals surface area contributed by atoms with Crippen molar-refractivity contribution in [2.75, 3.05) is 34.4 Å². The quantitative estimate of drug-likeness (QED) is 0.861. The molecule has 1 aliphatic rings. The smallest absolute Gasteiger partial charge is 0.175 e. The molecule has 5 heteroatoms. The maximum Gasteiger partial charge on any atom is 0.175 e. The number of methoxy groups -OCH3 is 3. The lowest BCUT2D eigenvalue weighted by Crippen LogP contribution is -2.20. The van der Waals surface area contributed by atoms with Crippen LogP contribution in [0, 0.1) is 0 Å². The standard InChI is InChI=1S/C19H22BrNO3/c1-22-13-6-4-5-12(9-13)16-11-21-8-7-14-15(16)10-17(23-2)19(24-3)18(14)20/h4-6,9-10,16,21H,7-8,11H2,1-3H3. The lowest BCUT2D eigenvalue weighted by atomic mass is 9.87. The number of ether oxygens (including phenoxy) is 3. The van der Waals surface area contributed by atoms with Crippen LogP contribution in [0.1, 0.15) is 22.6 Å². The second-order valence-electron chi connectivity index (χ2n) is 5.78. The third kappa shape index (κ3) is 3.10. The van der Waals surface area contributed by atoms with E-state index in [2.05, 4.69) is 39.4 Å². The first-order chi connectivity index (χ1) is 11.7. The van der Waals surface area contributed by atoms with Crippen LogP contribution >= 0.6 is 15.9 Å². The van der Waals surface area contributed by atoms with Gasteiger partial charge in [-0.2, -0.15) is 0 Å². The van der Waals surface area contributed by atoms with Gasteiger partial charge >= 0.3 is 0 Å². The minimum Gasteiger partial charge on any atom is -0.497 e. The molecule has 1 atom stereocenters. The van der Waals surface area contributed by atoms with Crippen LogP contribution in [0.5, 0.6) is 17.2 Å². The Morgan fingerprint density at radius 3 is 2.62 bits per heavy atom. The Morgan fingerprint density at radius 1 is 1.08 bits per heavy atom. The molecule has 0 saturated carbocycles. The zero-order valence-electron chi connectivity index (χ0n) is 14.2. The van der Waals surface area contributed by atoms with Crippen LogP contribution in [0.15, 0.2) is 34.8 Å². The highest BCUT2D eigenvalue weighted by molar-refractivity contribution is 9.10. The van der Waals surface area contributed by atoms with Crippen LogP contribution < -0.4 is 19.5 Å². The number of hydrogen-bond acceptors (Lipinski definition) is 4. The fourth-order valence-electron chi connectivity index (χ4n) is 3.30. The van der Waals surface area contributed by atoms with Crippen LogP contribution in [-0.2, 0) is 6.42 Å². The molecule has 0 fully saturated rings. The summed E-state index contributed by atoms with van der Waals surface area (Å²) < 4.78 is 17.5. The van der Waals surface area contributed by atoms with Gasteiger partial charge in [0.2, 0.25) is 0 Å². The minimum absolute atomic E-state index is 0.230. The summed E-state index contributed by atoms with van der Waals surface area (Å²) in [4.78, 5) is 0. The van der Waals surface area contributed by atoms with Gasteiger partial charge in [0.25, 0.3) is 0 Å². The molecule has 1 unspecified atom stereocenters. The van der Waals surface area contributed by atoms with E-state index >= 15 is 0 Å². The Bertz CT molecular complexity index is 733. The second kappa shape index (κ2) is 7.45. The molecule has 0 saturated heterocycles. The number of fused-ring (bicyclic) bond motifs is 1. The van der Waals surface area contributed by atoms with Gasteiger partial charge in [0.15, 0.2) is 11.5 Å². The fourth-order valence-corrected chi connectivity index (χ4v) is 4.08. The van der Waals surface area contributed by atoms with Gasteiger partial charge in [-0.1, -0.05) is 12.1 Å². The lowest BCUT2D eigenvalue weighted by Gasteiger charge is -2.22. The Morgan fingerprint density at radius 2 is 1.92 bits per heavy atom. The molecule has 0 bridgehead atoms. The van der Waals surface area contributed by atoms with Gasteiger partial charge in [-0.25, -0.2) is 0 Å². The first-order valence-electron chi connectivity index (χ1n) is 7.97. The van der Waals surface area contributed by atoms with Crippen LogP contribution in [0.25, 0.3) is 0 Å². The average Bonchev–Trinajstić information content (AvgIpc) is 2.84. The van der Waals surface area contributed by atoms with Gasteiger partial charge < -0.3 is 19.5 Å². The van der Waals surface area contributed by atoms with Crippen molar-refractivity contribution in [3.8, 4) is 17.2 Å². The van der Waals surface area contributed by atoms with Gasteiger partial charge in [0.05, 0.1) is 25.8 Å². The van der Waals surface area contributed by atoms with Gasteiger partial charge in [-0.05, 0) is 63.8 Å². The zero-order chi connectivity index (χ0) is 17.1. The molecule has 1 N–H and O–H groups in total. The first-order valence-corrected chi connectivity index (χ1v) is 8.76. The summed E-state index contributed by atoms with van der Waals surface area (Å²) in [6.07, 6.45) is 0.941. The van der Waals surface area contributed by atoms with E-state index in [0.29, 0.717) is 0 Å². The Labute approximate surface area is 151 Å². The number of halogens is 1. The van der Waals surface area contributed by atoms with E-state index in [1.807, 2.05) is 12.1 Å². The van der Waals surface area contributed by atoms with E-state index in [0.717, 1.165) is 41.2 Å². The van der Waals surface area contributed by atoms with Crippen molar-refractivity contribution in [2.24, 2.45) is 0 Å². The molecule has 4 nitrogen and oxygen atoms in total. The molecule has 128 valence electrons. The average molecular weight is 392 g/mol. The topological polar surface area (TPSA) is 39.7 Å². The Kier molecular flexibility index (Phi) is 5.31. The van der Waals surface area contributed by atoms with Crippen molar-refractivity contribution < 1.29 is 14.2 Å². The number of nitrogens with one attached hydrogen (secondary N) is 1. The molecule has 2 aromatic carbocycles. The highest BCUT2D eigenvalue weighted by atomic mass is 79.9. The summed E-state index contributed by atoms with van der Waals surface area (Å²) in [5.41, 5.74) is 3.76. The van der Waals surface area contributed by atoms with E-state index in [1.165, 1.54) is 16.7 Å². The van der Waals surface area contributed by atoms with Crippen LogP contribution in [0.2, 0.25) is 0 Å². The monoisotopic (exact) mass is 391 g/mol. The van der Waals surface area contributed by atoms with E-state index in [9.17, 15) is 0 Å². The first kappa shape index (κ1) is 17.1. The van der Waals surface area contributed by atoms with Gasteiger partial charge in [0, 0.05) is 12.5 Å². The number of hydrogen-bond donors (Lipinski definition) is 1. The maximum absolute atomic E-state index is 5.55. The van der Waals surface area contributed by atoms with Crippen molar-refractivity contribution >= 4 is 15.9 Å². The SMILES string of the molecule is COc1cccc(C2CNCCc3c2cc(OC)c(OC)c3Br)c1. The van der Waals surface area contributed by atoms with E-state index in [4.69, 9.17) is 14.2 Å². The molecule has 0 spiro atoms. The Hall–Kier alpha value is -1.72. The van der Waals surface area contributed by atoms with Gasteiger partial charge in [-0.3, -0.25) is 0 Å². The van der Waals surface area contributed by atoms with Crippen LogP contribution in [0.3, 0.4) is 0 Å². The lowest BCUT2D eigenvalue weighted by molar-refractivity contribution is 0.352. The molecule has 1 heterocycles. The fraction of sp³-hybridized carbons (Fsp3) is 0.368. The zero-order valence-corrected chi connectivity index (χ0v) is 15.8. The van der Waals surface area contributed by atoms with E-state index in [-0.39, 0.29) is 5.92 Å². The summed E-state index contributed by atoms with van der Waals surface area (Å²) in [6, 6.07) is 10.4. The normalized spacial score (nSPS) is 16.9. The summed E-state index contributed by atoms with van der Waals surface area (Å²) in [7, 11) is 5.04. The van der Waals surface area contributed by atoms with Crippen molar-refractivity contribution in [2.45, 2.75) is 12.3 Å². The molecule has 2 aromatic rings. The minimum atomic E-state index is 0.230. The highest BCUT2D eigenvalue weighted by Gasteiger charge is 2.26. The highest BCUT2D eigenvalue weighted by Crippen LogP contribution is 2.44. The van der Waals surface area contributed by atoms with E-state index < -0.39 is 0 Å². The molecule has 0 aromatic heterocycles. The number of benzene rings is 2. The van der Waals surface area contributed by atoms with E-state index in [1.54, 1.807) is 21.3 Å². The van der Waals surface area contributed by atoms with Crippen molar-refractivity contribution in [3.63, 3.8) is 0 Å². The second-order valence-corrected chi connectivity index (χ2v) is 6.57. The summed E-state index contributed by atoms with van der Waals surface area (Å²) >= 11 is 3.72. The summed E-state index contributed by atoms with van der Waals surface area (Å²) in [6.45, 7) is 1.81. The number of rotatable bonds is 4. The molecule has 0 amide bonds. The summed E-state index contributed by atoms with van der Waals surface area (Å²) in [5.74, 6) is 2.60. The molecule has 3 rings (SSSR count). The predicted molar refractivity (Wildman–Crippen MR) is 98.7 cm³/mol. The molecule has 0 aliphatic carbocycles. The van der Waals surface area contributed by atoms with Gasteiger partial charge in [-0.15, -0.1) is 0 Å². The molecular formula is C19H22BrNO3. The largest absolute Gasteiger partial charge is 0.497 e. The van der Waals surface area contributed by atoms with Gasteiger partial charge in [0.1, 0.15) is 5.75 Å². The van der Waals surface area contributed by atoms with Crippen molar-refractivity contribution in [1.29, 1.82) is 0 Å². The third-order valence-electron chi connectivity index (χ3n) is 4.52. The third-order valence-corrected chi connectivity index (χ3v) is 5.36. The predicted octanol–water partition coefficient (Wildman–Crippen LogP) is 3.75. The molecule has 1 aliphatic heterocycles. The van der Waals surface area contributed by atoms with Crippen molar-refractivity contribution in [1.82, 2.24) is 5.32 Å². The van der Waals surface area contributed by atoms with Crippen LogP contribution in [0.4, 0.5) is 0 Å². The van der Waals surface area contributed by atoms with Crippen LogP contribution in [-0.4, -0.2) is 34.4 Å². The summed E-state index contributed by atoms with van der Waals surface area (Å²) in [5, 5.41) is 3.54. The molecule has 0 radical (unpaired) electrons. The van der Waals surface area contributed by atoms with Crippen molar-refractivity contribution in [3.05, 3.63) is 51.5 Å².